The van der Waals surface area contributed by atoms with Gasteiger partial charge in [-0.05, 0) is 61.4 Å². The summed E-state index contributed by atoms with van der Waals surface area (Å²) in [5.41, 5.74) is 2.64. The Morgan fingerprint density at radius 2 is 1.81 bits per heavy atom. The monoisotopic (exact) mass is 365 g/mol. The van der Waals surface area contributed by atoms with Gasteiger partial charge in [0.2, 0.25) is 0 Å². The second-order valence-corrected chi connectivity index (χ2v) is 7.66. The van der Waals surface area contributed by atoms with E-state index in [4.69, 9.17) is 11.6 Å². The van der Waals surface area contributed by atoms with E-state index in [0.29, 0.717) is 16.6 Å². The Morgan fingerprint density at radius 3 is 2.54 bits per heavy atom. The molecule has 132 valence electrons. The van der Waals surface area contributed by atoms with E-state index in [1.807, 2.05) is 24.3 Å². The fourth-order valence-electron chi connectivity index (χ4n) is 3.93. The van der Waals surface area contributed by atoms with E-state index >= 15 is 0 Å². The highest BCUT2D eigenvalue weighted by atomic mass is 35.5. The molecule has 0 amide bonds. The van der Waals surface area contributed by atoms with E-state index in [2.05, 4.69) is 28.1 Å². The summed E-state index contributed by atoms with van der Waals surface area (Å²) < 4.78 is 1.67. The van der Waals surface area contributed by atoms with Gasteiger partial charge in [0, 0.05) is 18.5 Å². The molecular formula is C21H20ClN3O. The van der Waals surface area contributed by atoms with Gasteiger partial charge in [-0.25, -0.2) is 4.79 Å². The third-order valence-electron chi connectivity index (χ3n) is 5.44. The van der Waals surface area contributed by atoms with Crippen LogP contribution in [0.4, 0.5) is 5.82 Å². The Hall–Kier alpha value is -2.33. The summed E-state index contributed by atoms with van der Waals surface area (Å²) in [5.74, 6) is 1.44. The summed E-state index contributed by atoms with van der Waals surface area (Å²) in [7, 11) is 0. The number of rotatable bonds is 3. The van der Waals surface area contributed by atoms with Gasteiger partial charge >= 0.3 is 5.69 Å². The third kappa shape index (κ3) is 2.60. The molecule has 0 radical (unpaired) electrons. The molecule has 1 aliphatic carbocycles. The van der Waals surface area contributed by atoms with Crippen LogP contribution in [0.2, 0.25) is 5.02 Å². The first-order valence-corrected chi connectivity index (χ1v) is 9.67. The van der Waals surface area contributed by atoms with Crippen LogP contribution in [-0.4, -0.2) is 22.6 Å². The number of aromatic nitrogens is 2. The first-order chi connectivity index (χ1) is 12.7. The zero-order valence-corrected chi connectivity index (χ0v) is 15.2. The number of benzene rings is 2. The minimum absolute atomic E-state index is 0.263. The van der Waals surface area contributed by atoms with Gasteiger partial charge < -0.3 is 4.90 Å². The van der Waals surface area contributed by atoms with Crippen LogP contribution in [0.25, 0.3) is 16.6 Å². The molecule has 1 saturated carbocycles. The number of fused-ring (bicyclic) bond motifs is 1. The first-order valence-electron chi connectivity index (χ1n) is 9.29. The predicted molar refractivity (Wildman–Crippen MR) is 106 cm³/mol. The van der Waals surface area contributed by atoms with Crippen LogP contribution in [0.3, 0.4) is 0 Å². The van der Waals surface area contributed by atoms with Crippen molar-refractivity contribution in [1.82, 2.24) is 9.55 Å². The Bertz CT molecular complexity index is 1050. The zero-order chi connectivity index (χ0) is 17.7. The molecule has 2 fully saturated rings. The van der Waals surface area contributed by atoms with Crippen molar-refractivity contribution in [2.45, 2.75) is 31.6 Å². The van der Waals surface area contributed by atoms with Gasteiger partial charge in [-0.15, -0.1) is 0 Å². The second kappa shape index (κ2) is 6.13. The van der Waals surface area contributed by atoms with Crippen molar-refractivity contribution in [2.24, 2.45) is 0 Å². The molecule has 5 heteroatoms. The number of nitrogens with zero attached hydrogens (tertiary/aromatic N) is 3. The van der Waals surface area contributed by atoms with Crippen molar-refractivity contribution in [2.75, 3.05) is 18.0 Å². The van der Waals surface area contributed by atoms with Crippen LogP contribution in [0.1, 0.15) is 37.2 Å². The number of hydrogen-bond donors (Lipinski definition) is 0. The van der Waals surface area contributed by atoms with Crippen LogP contribution >= 0.6 is 11.6 Å². The minimum Gasteiger partial charge on any atom is -0.356 e. The normalized spacial score (nSPS) is 17.2. The molecule has 2 aromatic carbocycles. The largest absolute Gasteiger partial charge is 0.356 e. The summed E-state index contributed by atoms with van der Waals surface area (Å²) in [6, 6.07) is 14.0. The lowest BCUT2D eigenvalue weighted by atomic mass is 10.1. The molecular weight excluding hydrogens is 346 g/mol. The van der Waals surface area contributed by atoms with Crippen molar-refractivity contribution >= 4 is 28.3 Å². The Balaban J connectivity index is 1.82. The minimum atomic E-state index is -0.263. The Kier molecular flexibility index (Phi) is 3.75. The molecule has 0 spiro atoms. The predicted octanol–water partition coefficient (Wildman–Crippen LogP) is 4.52. The summed E-state index contributed by atoms with van der Waals surface area (Å²) >= 11 is 6.41. The lowest BCUT2D eigenvalue weighted by molar-refractivity contribution is 0.893. The molecule has 0 unspecified atom stereocenters. The van der Waals surface area contributed by atoms with E-state index in [1.54, 1.807) is 4.57 Å². The smallest absolute Gasteiger partial charge is 0.354 e. The van der Waals surface area contributed by atoms with Gasteiger partial charge in [-0.3, -0.25) is 4.57 Å². The summed E-state index contributed by atoms with van der Waals surface area (Å²) in [6.45, 7) is 1.92. The first kappa shape index (κ1) is 15.9. The lowest BCUT2D eigenvalue weighted by Gasteiger charge is -2.21. The number of para-hydroxylation sites is 1. The highest BCUT2D eigenvalue weighted by Crippen LogP contribution is 2.41. The Labute approximate surface area is 157 Å². The molecule has 3 aromatic rings. The fraction of sp³-hybridized carbons (Fsp3) is 0.333. The number of anilines is 1. The summed E-state index contributed by atoms with van der Waals surface area (Å²) in [6.07, 6.45) is 4.76. The number of halogens is 1. The molecule has 4 nitrogen and oxygen atoms in total. The van der Waals surface area contributed by atoms with Crippen LogP contribution < -0.4 is 10.6 Å². The zero-order valence-electron chi connectivity index (χ0n) is 14.5. The quantitative estimate of drug-likeness (QED) is 0.685. The van der Waals surface area contributed by atoms with Crippen molar-refractivity contribution in [3.8, 4) is 5.69 Å². The molecule has 26 heavy (non-hydrogen) atoms. The van der Waals surface area contributed by atoms with E-state index in [-0.39, 0.29) is 5.69 Å². The van der Waals surface area contributed by atoms with E-state index in [9.17, 15) is 4.79 Å². The highest BCUT2D eigenvalue weighted by Gasteiger charge is 2.26. The molecule has 1 saturated heterocycles. The standard InChI is InChI=1S/C21H20ClN3O/c22-17-5-1-2-6-18(17)25-19-13-15(14-7-8-14)9-10-16(19)20(23-21(25)26)24-11-3-4-12-24/h1-2,5-6,9-10,13-14H,3-4,7-8,11-12H2. The Morgan fingerprint density at radius 1 is 1.04 bits per heavy atom. The maximum atomic E-state index is 13.0. The summed E-state index contributed by atoms with van der Waals surface area (Å²) in [5, 5.41) is 1.58. The number of hydrogen-bond acceptors (Lipinski definition) is 3. The fourth-order valence-corrected chi connectivity index (χ4v) is 4.15. The second-order valence-electron chi connectivity index (χ2n) is 7.25. The SMILES string of the molecule is O=c1nc(N2CCCC2)c2ccc(C3CC3)cc2n1-c1ccccc1Cl. The molecule has 1 aromatic heterocycles. The van der Waals surface area contributed by atoms with Gasteiger partial charge in [0.1, 0.15) is 5.82 Å². The van der Waals surface area contributed by atoms with Crippen LogP contribution in [-0.2, 0) is 0 Å². The maximum absolute atomic E-state index is 13.0. The molecule has 2 aliphatic rings. The molecule has 2 heterocycles. The lowest BCUT2D eigenvalue weighted by Crippen LogP contribution is -2.28. The third-order valence-corrected chi connectivity index (χ3v) is 5.76. The van der Waals surface area contributed by atoms with Crippen molar-refractivity contribution < 1.29 is 0 Å². The molecule has 0 N–H and O–H groups in total. The van der Waals surface area contributed by atoms with Crippen molar-refractivity contribution in [3.63, 3.8) is 0 Å². The van der Waals surface area contributed by atoms with Crippen LogP contribution in [0, 0.1) is 0 Å². The highest BCUT2D eigenvalue weighted by molar-refractivity contribution is 6.32. The van der Waals surface area contributed by atoms with Crippen molar-refractivity contribution in [1.29, 1.82) is 0 Å². The molecule has 0 bridgehead atoms. The molecule has 5 rings (SSSR count). The van der Waals surface area contributed by atoms with E-state index in [0.717, 1.165) is 42.7 Å². The van der Waals surface area contributed by atoms with Gasteiger partial charge in [-0.1, -0.05) is 29.8 Å². The van der Waals surface area contributed by atoms with Gasteiger partial charge in [-0.2, -0.15) is 4.98 Å². The molecule has 1 aliphatic heterocycles. The van der Waals surface area contributed by atoms with Crippen LogP contribution in [0.5, 0.6) is 0 Å². The topological polar surface area (TPSA) is 38.1 Å². The molecule has 0 atom stereocenters. The van der Waals surface area contributed by atoms with Gasteiger partial charge in [0.05, 0.1) is 16.2 Å². The average molecular weight is 366 g/mol. The van der Waals surface area contributed by atoms with Crippen molar-refractivity contribution in [3.05, 3.63) is 63.5 Å². The van der Waals surface area contributed by atoms with E-state index < -0.39 is 0 Å². The van der Waals surface area contributed by atoms with E-state index in [1.165, 1.54) is 18.4 Å². The maximum Gasteiger partial charge on any atom is 0.354 e. The van der Waals surface area contributed by atoms with Gasteiger partial charge in [0.25, 0.3) is 0 Å². The average Bonchev–Trinajstić information content (AvgIpc) is 3.36. The van der Waals surface area contributed by atoms with Gasteiger partial charge in [0.15, 0.2) is 0 Å². The summed E-state index contributed by atoms with van der Waals surface area (Å²) in [4.78, 5) is 19.7. The van der Waals surface area contributed by atoms with Crippen LogP contribution in [0.15, 0.2) is 47.3 Å².